The van der Waals surface area contributed by atoms with Gasteiger partial charge in [0.15, 0.2) is 0 Å². The van der Waals surface area contributed by atoms with E-state index in [1.165, 1.54) is 23.4 Å². The first-order valence-electron chi connectivity index (χ1n) is 6.78. The van der Waals surface area contributed by atoms with Gasteiger partial charge in [0.25, 0.3) is 0 Å². The van der Waals surface area contributed by atoms with Crippen LogP contribution >= 0.6 is 11.8 Å². The fraction of sp³-hybridized carbons (Fsp3) is 0.600. The van der Waals surface area contributed by atoms with E-state index in [2.05, 4.69) is 55.5 Å². The van der Waals surface area contributed by atoms with Crippen molar-refractivity contribution in [2.75, 3.05) is 37.8 Å². The van der Waals surface area contributed by atoms with Gasteiger partial charge in [-0.25, -0.2) is 0 Å². The van der Waals surface area contributed by atoms with Crippen molar-refractivity contribution >= 4 is 17.4 Å². The first-order valence-corrected chi connectivity index (χ1v) is 7.76. The highest BCUT2D eigenvalue weighted by atomic mass is 32.2. The topological polar surface area (TPSA) is 15.3 Å². The molecule has 0 radical (unpaired) electrons. The molecule has 1 N–H and O–H groups in total. The van der Waals surface area contributed by atoms with E-state index in [4.69, 9.17) is 0 Å². The maximum absolute atomic E-state index is 3.32. The van der Waals surface area contributed by atoms with Crippen molar-refractivity contribution in [3.8, 4) is 0 Å². The van der Waals surface area contributed by atoms with Crippen LogP contribution in [-0.2, 0) is 0 Å². The molecule has 1 fully saturated rings. The number of nitrogens with zero attached hydrogens (tertiary/aromatic N) is 1. The summed E-state index contributed by atoms with van der Waals surface area (Å²) in [5.41, 5.74) is 1.86. The Balaban J connectivity index is 1.94. The van der Waals surface area contributed by atoms with Crippen molar-refractivity contribution in [2.24, 2.45) is 5.41 Å². The summed E-state index contributed by atoms with van der Waals surface area (Å²) in [4.78, 5) is 3.76. The summed E-state index contributed by atoms with van der Waals surface area (Å²) in [5.74, 6) is 1.14. The molecule has 0 bridgehead atoms. The Labute approximate surface area is 115 Å². The number of thioether (sulfide) groups is 1. The van der Waals surface area contributed by atoms with Gasteiger partial charge >= 0.3 is 0 Å². The lowest BCUT2D eigenvalue weighted by Crippen LogP contribution is -2.32. The number of hydrogen-bond donors (Lipinski definition) is 1. The van der Waals surface area contributed by atoms with Crippen LogP contribution in [-0.4, -0.2) is 32.9 Å². The molecule has 1 aromatic rings. The highest BCUT2D eigenvalue weighted by Crippen LogP contribution is 2.45. The van der Waals surface area contributed by atoms with Crippen LogP contribution in [0.2, 0.25) is 0 Å². The van der Waals surface area contributed by atoms with Crippen LogP contribution < -0.4 is 10.2 Å². The molecule has 18 heavy (non-hydrogen) atoms. The molecule has 1 aliphatic rings. The van der Waals surface area contributed by atoms with Gasteiger partial charge < -0.3 is 10.2 Å². The Hall–Kier alpha value is -0.670. The average Bonchev–Trinajstić information content (AvgIpc) is 3.10. The van der Waals surface area contributed by atoms with Crippen molar-refractivity contribution in [1.82, 2.24) is 5.32 Å². The van der Waals surface area contributed by atoms with E-state index in [9.17, 15) is 0 Å². The van der Waals surface area contributed by atoms with Crippen LogP contribution in [0.25, 0.3) is 0 Å². The Morgan fingerprint density at radius 2 is 1.94 bits per heavy atom. The van der Waals surface area contributed by atoms with Crippen molar-refractivity contribution in [2.45, 2.75) is 24.7 Å². The van der Waals surface area contributed by atoms with Gasteiger partial charge in [-0.2, -0.15) is 0 Å². The first-order chi connectivity index (χ1) is 8.69. The van der Waals surface area contributed by atoms with Crippen molar-refractivity contribution in [3.05, 3.63) is 24.3 Å². The number of hydrogen-bond acceptors (Lipinski definition) is 3. The molecule has 1 aliphatic carbocycles. The van der Waals surface area contributed by atoms with Gasteiger partial charge in [0.2, 0.25) is 0 Å². The predicted molar refractivity (Wildman–Crippen MR) is 81.7 cm³/mol. The Bertz CT molecular complexity index is 371. The molecule has 1 aromatic carbocycles. The second-order valence-electron chi connectivity index (χ2n) is 5.31. The fourth-order valence-corrected chi connectivity index (χ4v) is 3.16. The molecule has 2 nitrogen and oxygen atoms in total. The average molecular weight is 264 g/mol. The largest absolute Gasteiger partial charge is 0.374 e. The quantitative estimate of drug-likeness (QED) is 0.761. The molecule has 0 aromatic heterocycles. The van der Waals surface area contributed by atoms with Crippen LogP contribution in [0.1, 0.15) is 19.8 Å². The van der Waals surface area contributed by atoms with E-state index < -0.39 is 0 Å². The summed E-state index contributed by atoms with van der Waals surface area (Å²) in [6, 6.07) is 8.95. The van der Waals surface area contributed by atoms with Crippen LogP contribution in [0.5, 0.6) is 0 Å². The minimum atomic E-state index is 0.528. The summed E-state index contributed by atoms with van der Waals surface area (Å²) in [6.07, 6.45) is 2.73. The smallest absolute Gasteiger partial charge is 0.0364 e. The first kappa shape index (κ1) is 13.8. The van der Waals surface area contributed by atoms with E-state index >= 15 is 0 Å². The lowest BCUT2D eigenvalue weighted by molar-refractivity contribution is 0.482. The van der Waals surface area contributed by atoms with Crippen molar-refractivity contribution < 1.29 is 0 Å². The second-order valence-corrected chi connectivity index (χ2v) is 6.65. The molecule has 100 valence electrons. The van der Waals surface area contributed by atoms with E-state index in [-0.39, 0.29) is 0 Å². The lowest BCUT2D eigenvalue weighted by Gasteiger charge is -2.25. The maximum Gasteiger partial charge on any atom is 0.0364 e. The minimum Gasteiger partial charge on any atom is -0.374 e. The van der Waals surface area contributed by atoms with E-state index in [0.29, 0.717) is 5.41 Å². The third-order valence-electron chi connectivity index (χ3n) is 3.67. The molecule has 0 unspecified atom stereocenters. The van der Waals surface area contributed by atoms with Gasteiger partial charge in [-0.15, -0.1) is 11.8 Å². The lowest BCUT2D eigenvalue weighted by atomic mass is 10.1. The Kier molecular flexibility index (Phi) is 4.57. The summed E-state index contributed by atoms with van der Waals surface area (Å²) in [7, 11) is 4.26. The molecule has 0 atom stereocenters. The molecule has 0 aliphatic heterocycles. The van der Waals surface area contributed by atoms with Gasteiger partial charge in [0.05, 0.1) is 0 Å². The number of nitrogens with one attached hydrogen (secondary N) is 1. The normalized spacial score (nSPS) is 16.6. The van der Waals surface area contributed by atoms with Gasteiger partial charge in [0, 0.05) is 36.1 Å². The summed E-state index contributed by atoms with van der Waals surface area (Å²) in [5, 5.41) is 3.32. The third kappa shape index (κ3) is 3.42. The standard InChI is InChI=1S/C15H24N2S/c1-4-18-14-7-5-13(6-8-14)17(3)12-15(9-10-15)11-16-2/h5-8,16H,4,9-12H2,1-3H3. The summed E-state index contributed by atoms with van der Waals surface area (Å²) < 4.78 is 0. The molecule has 2 rings (SSSR count). The zero-order chi connectivity index (χ0) is 13.0. The highest BCUT2D eigenvalue weighted by molar-refractivity contribution is 7.99. The number of benzene rings is 1. The molecule has 0 heterocycles. The van der Waals surface area contributed by atoms with E-state index in [1.807, 2.05) is 11.8 Å². The van der Waals surface area contributed by atoms with E-state index in [0.717, 1.165) is 18.8 Å². The molecular weight excluding hydrogens is 240 g/mol. The zero-order valence-electron chi connectivity index (χ0n) is 11.7. The molecule has 0 amide bonds. The number of rotatable bonds is 7. The molecule has 0 spiro atoms. The monoisotopic (exact) mass is 264 g/mol. The van der Waals surface area contributed by atoms with Crippen LogP contribution in [0.15, 0.2) is 29.2 Å². The third-order valence-corrected chi connectivity index (χ3v) is 4.56. The van der Waals surface area contributed by atoms with Crippen LogP contribution in [0, 0.1) is 5.41 Å². The van der Waals surface area contributed by atoms with Crippen LogP contribution in [0.3, 0.4) is 0 Å². The van der Waals surface area contributed by atoms with Gasteiger partial charge in [0.1, 0.15) is 0 Å². The maximum atomic E-state index is 3.32. The molecular formula is C15H24N2S. The van der Waals surface area contributed by atoms with Crippen molar-refractivity contribution in [3.63, 3.8) is 0 Å². The van der Waals surface area contributed by atoms with Gasteiger partial charge in [-0.3, -0.25) is 0 Å². The summed E-state index contributed by atoms with van der Waals surface area (Å²) >= 11 is 1.90. The number of anilines is 1. The van der Waals surface area contributed by atoms with Gasteiger partial charge in [-0.05, 0) is 49.9 Å². The minimum absolute atomic E-state index is 0.528. The Morgan fingerprint density at radius 1 is 1.28 bits per heavy atom. The second kappa shape index (κ2) is 5.98. The Morgan fingerprint density at radius 3 is 2.44 bits per heavy atom. The zero-order valence-corrected chi connectivity index (χ0v) is 12.5. The molecule has 0 saturated heterocycles. The fourth-order valence-electron chi connectivity index (χ4n) is 2.50. The van der Waals surface area contributed by atoms with Gasteiger partial charge in [-0.1, -0.05) is 6.92 Å². The van der Waals surface area contributed by atoms with Crippen molar-refractivity contribution in [1.29, 1.82) is 0 Å². The SMILES string of the molecule is CCSc1ccc(N(C)CC2(CNC)CC2)cc1. The molecule has 3 heteroatoms. The molecule has 1 saturated carbocycles. The van der Waals surface area contributed by atoms with E-state index in [1.54, 1.807) is 0 Å². The summed E-state index contributed by atoms with van der Waals surface area (Å²) in [6.45, 7) is 4.49. The highest BCUT2D eigenvalue weighted by Gasteiger charge is 2.42. The predicted octanol–water partition coefficient (Wildman–Crippen LogP) is 3.23. The van der Waals surface area contributed by atoms with Crippen LogP contribution in [0.4, 0.5) is 5.69 Å².